The number of amides is 1. The average molecular weight is 428 g/mol. The van der Waals surface area contributed by atoms with Crippen molar-refractivity contribution in [2.75, 3.05) is 17.2 Å². The van der Waals surface area contributed by atoms with Gasteiger partial charge in [-0.3, -0.25) is 4.79 Å². The Morgan fingerprint density at radius 2 is 1.90 bits per heavy atom. The molecule has 0 saturated carbocycles. The predicted molar refractivity (Wildman–Crippen MR) is 112 cm³/mol. The molecule has 29 heavy (non-hydrogen) atoms. The molecule has 2 heterocycles. The number of halogens is 2. The number of aromatic nitrogens is 5. The zero-order valence-corrected chi connectivity index (χ0v) is 16.5. The summed E-state index contributed by atoms with van der Waals surface area (Å²) in [4.78, 5) is 16.4. The zero-order valence-electron chi connectivity index (χ0n) is 15.0. The van der Waals surface area contributed by atoms with Crippen molar-refractivity contribution in [3.63, 3.8) is 0 Å². The second-order valence-electron chi connectivity index (χ2n) is 6.02. The molecule has 4 rings (SSSR count). The summed E-state index contributed by atoms with van der Waals surface area (Å²) in [5.74, 6) is -0.249. The Hall–Kier alpha value is -3.36. The molecule has 0 aliphatic heterocycles. The smallest absolute Gasteiger partial charge is 0.243 e. The third-order valence-corrected chi connectivity index (χ3v) is 4.59. The van der Waals surface area contributed by atoms with Crippen molar-refractivity contribution in [1.82, 2.24) is 24.5 Å². The quantitative estimate of drug-likeness (QED) is 0.488. The van der Waals surface area contributed by atoms with Gasteiger partial charge >= 0.3 is 0 Å². The highest BCUT2D eigenvalue weighted by atomic mass is 35.5. The van der Waals surface area contributed by atoms with E-state index in [1.165, 1.54) is 6.33 Å². The largest absolute Gasteiger partial charge is 0.376 e. The first-order valence-corrected chi connectivity index (χ1v) is 9.33. The van der Waals surface area contributed by atoms with Gasteiger partial charge in [-0.1, -0.05) is 23.2 Å². The topological polar surface area (TPSA) is 89.7 Å². The minimum atomic E-state index is -0.249. The molecule has 0 fully saturated rings. The first-order chi connectivity index (χ1) is 14.1. The van der Waals surface area contributed by atoms with Crippen LogP contribution in [0.2, 0.25) is 10.0 Å². The van der Waals surface area contributed by atoms with E-state index in [2.05, 4.69) is 25.8 Å². The molecule has 0 radical (unpaired) electrons. The Bertz CT molecular complexity index is 1130. The molecule has 0 bridgehead atoms. The first kappa shape index (κ1) is 19.0. The standard InChI is InChI=1S/C19H15Cl2N7O/c20-13-2-4-18(28-12-22-11-25-28)16(8-13)26-19(29)10-23-14-3-5-17(15(21)9-14)27-7-1-6-24-27/h1-9,11-12,23H,10H2,(H,26,29). The summed E-state index contributed by atoms with van der Waals surface area (Å²) < 4.78 is 3.22. The predicted octanol–water partition coefficient (Wildman–Crippen LogP) is 3.81. The molecule has 0 saturated heterocycles. The fraction of sp³-hybridized carbons (Fsp3) is 0.0526. The van der Waals surface area contributed by atoms with Gasteiger partial charge < -0.3 is 10.6 Å². The van der Waals surface area contributed by atoms with Crippen molar-refractivity contribution >= 4 is 40.5 Å². The maximum absolute atomic E-state index is 12.4. The third-order valence-electron chi connectivity index (χ3n) is 4.05. The molecule has 8 nitrogen and oxygen atoms in total. The summed E-state index contributed by atoms with van der Waals surface area (Å²) in [6.07, 6.45) is 6.44. The van der Waals surface area contributed by atoms with Gasteiger partial charge in [0.15, 0.2) is 0 Å². The Morgan fingerprint density at radius 3 is 2.62 bits per heavy atom. The monoisotopic (exact) mass is 427 g/mol. The maximum Gasteiger partial charge on any atom is 0.243 e. The summed E-state index contributed by atoms with van der Waals surface area (Å²) in [6.45, 7) is 0.0424. The van der Waals surface area contributed by atoms with Gasteiger partial charge in [0.05, 0.1) is 28.6 Å². The molecule has 10 heteroatoms. The number of nitrogens with zero attached hydrogens (tertiary/aromatic N) is 5. The van der Waals surface area contributed by atoms with E-state index in [9.17, 15) is 4.79 Å². The first-order valence-electron chi connectivity index (χ1n) is 8.58. The maximum atomic E-state index is 12.4. The molecule has 4 aromatic rings. The van der Waals surface area contributed by atoms with Crippen LogP contribution in [0.4, 0.5) is 11.4 Å². The SMILES string of the molecule is O=C(CNc1ccc(-n2cccn2)c(Cl)c1)Nc1cc(Cl)ccc1-n1cncn1. The molecular formula is C19H15Cl2N7O. The van der Waals surface area contributed by atoms with Crippen LogP contribution in [0.25, 0.3) is 11.4 Å². The van der Waals surface area contributed by atoms with Gasteiger partial charge in [0, 0.05) is 23.1 Å². The van der Waals surface area contributed by atoms with Crippen molar-refractivity contribution in [1.29, 1.82) is 0 Å². The van der Waals surface area contributed by atoms with E-state index >= 15 is 0 Å². The third kappa shape index (κ3) is 4.39. The van der Waals surface area contributed by atoms with Gasteiger partial charge in [0.2, 0.25) is 5.91 Å². The lowest BCUT2D eigenvalue weighted by atomic mass is 10.2. The van der Waals surface area contributed by atoms with Gasteiger partial charge in [-0.15, -0.1) is 0 Å². The van der Waals surface area contributed by atoms with Crippen LogP contribution in [-0.4, -0.2) is 37.0 Å². The van der Waals surface area contributed by atoms with Gasteiger partial charge in [0.25, 0.3) is 0 Å². The van der Waals surface area contributed by atoms with Crippen molar-refractivity contribution in [2.24, 2.45) is 0 Å². The number of anilines is 2. The normalized spacial score (nSPS) is 10.7. The molecule has 0 aliphatic rings. The van der Waals surface area contributed by atoms with Gasteiger partial charge in [-0.05, 0) is 42.5 Å². The molecule has 1 amide bonds. The van der Waals surface area contributed by atoms with E-state index in [1.807, 2.05) is 18.2 Å². The van der Waals surface area contributed by atoms with Crippen molar-refractivity contribution in [2.45, 2.75) is 0 Å². The van der Waals surface area contributed by atoms with Crippen LogP contribution in [0.15, 0.2) is 67.5 Å². The number of benzene rings is 2. The van der Waals surface area contributed by atoms with Crippen LogP contribution in [-0.2, 0) is 4.79 Å². The van der Waals surface area contributed by atoms with Crippen molar-refractivity contribution in [3.8, 4) is 11.4 Å². The van der Waals surface area contributed by atoms with E-state index in [1.54, 1.807) is 52.4 Å². The highest BCUT2D eigenvalue weighted by Gasteiger charge is 2.11. The second-order valence-corrected chi connectivity index (χ2v) is 6.86. The number of rotatable bonds is 6. The van der Waals surface area contributed by atoms with E-state index in [0.29, 0.717) is 27.1 Å². The van der Waals surface area contributed by atoms with Crippen LogP contribution in [0, 0.1) is 0 Å². The van der Waals surface area contributed by atoms with Gasteiger partial charge in [-0.25, -0.2) is 14.3 Å². The second kappa shape index (κ2) is 8.34. The van der Waals surface area contributed by atoms with Crippen molar-refractivity contribution < 1.29 is 4.79 Å². The molecule has 2 N–H and O–H groups in total. The number of nitrogens with one attached hydrogen (secondary N) is 2. The van der Waals surface area contributed by atoms with Crippen LogP contribution < -0.4 is 10.6 Å². The highest BCUT2D eigenvalue weighted by molar-refractivity contribution is 6.32. The van der Waals surface area contributed by atoms with Crippen molar-refractivity contribution in [3.05, 3.63) is 77.6 Å². The fourth-order valence-corrected chi connectivity index (χ4v) is 3.17. The number of carbonyl (C=O) groups is 1. The molecule has 2 aromatic heterocycles. The Kier molecular flexibility index (Phi) is 5.46. The van der Waals surface area contributed by atoms with Crippen LogP contribution in [0.1, 0.15) is 0 Å². The highest BCUT2D eigenvalue weighted by Crippen LogP contribution is 2.25. The van der Waals surface area contributed by atoms with E-state index in [4.69, 9.17) is 23.2 Å². The van der Waals surface area contributed by atoms with Crippen LogP contribution in [0.3, 0.4) is 0 Å². The molecule has 2 aromatic carbocycles. The summed E-state index contributed by atoms with van der Waals surface area (Å²) in [6, 6.07) is 12.4. The lowest BCUT2D eigenvalue weighted by Crippen LogP contribution is -2.22. The molecule has 0 aliphatic carbocycles. The fourth-order valence-electron chi connectivity index (χ4n) is 2.73. The zero-order chi connectivity index (χ0) is 20.2. The van der Waals surface area contributed by atoms with Gasteiger partial charge in [-0.2, -0.15) is 10.2 Å². The summed E-state index contributed by atoms with van der Waals surface area (Å²) in [7, 11) is 0. The molecule has 0 unspecified atom stereocenters. The van der Waals surface area contributed by atoms with Crippen LogP contribution in [0.5, 0.6) is 0 Å². The minimum absolute atomic E-state index is 0.0424. The molecule has 0 spiro atoms. The lowest BCUT2D eigenvalue weighted by molar-refractivity contribution is -0.114. The number of carbonyl (C=O) groups excluding carboxylic acids is 1. The summed E-state index contributed by atoms with van der Waals surface area (Å²) in [5, 5.41) is 15.2. The lowest BCUT2D eigenvalue weighted by Gasteiger charge is -2.13. The molecule has 146 valence electrons. The van der Waals surface area contributed by atoms with Crippen LogP contribution >= 0.6 is 23.2 Å². The molecule has 0 atom stereocenters. The minimum Gasteiger partial charge on any atom is -0.376 e. The molecular weight excluding hydrogens is 413 g/mol. The van der Waals surface area contributed by atoms with E-state index < -0.39 is 0 Å². The number of hydrogen-bond donors (Lipinski definition) is 2. The number of hydrogen-bond acceptors (Lipinski definition) is 5. The Balaban J connectivity index is 1.44. The Labute approximate surface area is 176 Å². The van der Waals surface area contributed by atoms with E-state index in [-0.39, 0.29) is 12.5 Å². The van der Waals surface area contributed by atoms with Gasteiger partial charge in [0.1, 0.15) is 12.7 Å². The summed E-state index contributed by atoms with van der Waals surface area (Å²) in [5.41, 5.74) is 2.65. The average Bonchev–Trinajstić information content (AvgIpc) is 3.41. The summed E-state index contributed by atoms with van der Waals surface area (Å²) >= 11 is 12.4. The van der Waals surface area contributed by atoms with E-state index in [0.717, 1.165) is 5.69 Å². The Morgan fingerprint density at radius 1 is 1.03 bits per heavy atom.